The molecular formula is C19H25FN2O2. The van der Waals surface area contributed by atoms with Gasteiger partial charge in [-0.2, -0.15) is 0 Å². The molecule has 2 heterocycles. The van der Waals surface area contributed by atoms with Crippen LogP contribution in [0.2, 0.25) is 0 Å². The normalized spacial score (nSPS) is 16.2. The van der Waals surface area contributed by atoms with Crippen LogP contribution in [0.4, 0.5) is 4.39 Å². The number of fused-ring (bicyclic) bond motifs is 1. The van der Waals surface area contributed by atoms with Gasteiger partial charge in [0.15, 0.2) is 0 Å². The molecule has 0 unspecified atom stereocenters. The zero-order valence-corrected chi connectivity index (χ0v) is 14.3. The molecule has 0 spiro atoms. The Kier molecular flexibility index (Phi) is 5.19. The number of ether oxygens (including phenoxy) is 1. The van der Waals surface area contributed by atoms with Gasteiger partial charge < -0.3 is 14.6 Å². The molecule has 0 radical (unpaired) electrons. The number of rotatable bonds is 5. The predicted molar refractivity (Wildman–Crippen MR) is 92.4 cm³/mol. The molecule has 3 rings (SSSR count). The second kappa shape index (κ2) is 7.34. The summed E-state index contributed by atoms with van der Waals surface area (Å²) >= 11 is 0. The van der Waals surface area contributed by atoms with Crippen molar-refractivity contribution < 1.29 is 13.9 Å². The van der Waals surface area contributed by atoms with Crippen LogP contribution >= 0.6 is 0 Å². The number of amides is 1. The van der Waals surface area contributed by atoms with Gasteiger partial charge in [0.1, 0.15) is 5.82 Å². The highest BCUT2D eigenvalue weighted by atomic mass is 19.1. The number of hydrogen-bond donors (Lipinski definition) is 1. The van der Waals surface area contributed by atoms with E-state index in [-0.39, 0.29) is 17.8 Å². The standard InChI is InChI=1S/C19H25FN2O2/c1-13(2)12-24-16-5-7-22(8-6-16)19(23)9-14-11-21-18-10-15(20)3-4-17(14)18/h3-4,10-11,13,16,21H,5-9,12H2,1-2H3. The summed E-state index contributed by atoms with van der Waals surface area (Å²) in [6.45, 7) is 6.57. The number of hydrogen-bond acceptors (Lipinski definition) is 2. The summed E-state index contributed by atoms with van der Waals surface area (Å²) in [5.74, 6) is 0.393. The molecule has 0 atom stereocenters. The van der Waals surface area contributed by atoms with E-state index in [9.17, 15) is 9.18 Å². The molecule has 0 saturated carbocycles. The van der Waals surface area contributed by atoms with Gasteiger partial charge in [-0.05, 0) is 42.5 Å². The second-order valence-corrected chi connectivity index (χ2v) is 6.99. The first-order valence-electron chi connectivity index (χ1n) is 8.68. The van der Waals surface area contributed by atoms with Gasteiger partial charge in [-0.1, -0.05) is 13.8 Å². The number of benzene rings is 1. The molecule has 1 N–H and O–H groups in total. The third-order valence-corrected chi connectivity index (χ3v) is 4.53. The summed E-state index contributed by atoms with van der Waals surface area (Å²) in [4.78, 5) is 17.5. The molecule has 1 amide bonds. The molecule has 5 heteroatoms. The Morgan fingerprint density at radius 1 is 1.38 bits per heavy atom. The summed E-state index contributed by atoms with van der Waals surface area (Å²) in [7, 11) is 0. The Morgan fingerprint density at radius 3 is 2.83 bits per heavy atom. The van der Waals surface area contributed by atoms with Crippen molar-refractivity contribution in [3.8, 4) is 0 Å². The lowest BCUT2D eigenvalue weighted by atomic mass is 10.1. The lowest BCUT2D eigenvalue weighted by Crippen LogP contribution is -2.41. The fourth-order valence-electron chi connectivity index (χ4n) is 3.18. The quantitative estimate of drug-likeness (QED) is 0.911. The summed E-state index contributed by atoms with van der Waals surface area (Å²) in [6.07, 6.45) is 4.23. The lowest BCUT2D eigenvalue weighted by molar-refractivity contribution is -0.133. The highest BCUT2D eigenvalue weighted by Gasteiger charge is 2.24. The molecule has 1 aromatic carbocycles. The van der Waals surface area contributed by atoms with Crippen LogP contribution in [0.1, 0.15) is 32.3 Å². The smallest absolute Gasteiger partial charge is 0.227 e. The average molecular weight is 332 g/mol. The van der Waals surface area contributed by atoms with Crippen LogP contribution in [0, 0.1) is 11.7 Å². The minimum Gasteiger partial charge on any atom is -0.378 e. The van der Waals surface area contributed by atoms with Crippen LogP contribution < -0.4 is 0 Å². The third-order valence-electron chi connectivity index (χ3n) is 4.53. The Labute approximate surface area is 142 Å². The Morgan fingerprint density at radius 2 is 2.12 bits per heavy atom. The third kappa shape index (κ3) is 3.96. The predicted octanol–water partition coefficient (Wildman–Crippen LogP) is 3.51. The molecule has 1 aliphatic heterocycles. The number of likely N-dealkylation sites (tertiary alicyclic amines) is 1. The van der Waals surface area contributed by atoms with Crippen LogP contribution in [0.3, 0.4) is 0 Å². The molecule has 1 aliphatic rings. The molecular weight excluding hydrogens is 307 g/mol. The van der Waals surface area contributed by atoms with Gasteiger partial charge in [-0.3, -0.25) is 4.79 Å². The van der Waals surface area contributed by atoms with Gasteiger partial charge >= 0.3 is 0 Å². The van der Waals surface area contributed by atoms with Gasteiger partial charge in [0.25, 0.3) is 0 Å². The second-order valence-electron chi connectivity index (χ2n) is 6.99. The van der Waals surface area contributed by atoms with Crippen LogP contribution in [0.5, 0.6) is 0 Å². The van der Waals surface area contributed by atoms with Crippen molar-refractivity contribution in [1.29, 1.82) is 0 Å². The van der Waals surface area contributed by atoms with Crippen molar-refractivity contribution >= 4 is 16.8 Å². The molecule has 1 fully saturated rings. The molecule has 2 aromatic rings. The molecule has 0 bridgehead atoms. The maximum absolute atomic E-state index is 13.2. The monoisotopic (exact) mass is 332 g/mol. The van der Waals surface area contributed by atoms with Crippen LogP contribution in [-0.4, -0.2) is 41.6 Å². The number of halogens is 1. The summed E-state index contributed by atoms with van der Waals surface area (Å²) in [6, 6.07) is 4.62. The van der Waals surface area contributed by atoms with Gasteiger partial charge in [0.05, 0.1) is 12.5 Å². The van der Waals surface area contributed by atoms with E-state index in [0.29, 0.717) is 12.3 Å². The fraction of sp³-hybridized carbons (Fsp3) is 0.526. The maximum atomic E-state index is 13.2. The first-order chi connectivity index (χ1) is 11.5. The van der Waals surface area contributed by atoms with Crippen molar-refractivity contribution in [3.05, 3.63) is 35.8 Å². The van der Waals surface area contributed by atoms with Gasteiger partial charge in [-0.15, -0.1) is 0 Å². The molecule has 1 saturated heterocycles. The molecule has 0 aliphatic carbocycles. The summed E-state index contributed by atoms with van der Waals surface area (Å²) in [5.41, 5.74) is 1.66. The van der Waals surface area contributed by atoms with Gasteiger partial charge in [-0.25, -0.2) is 4.39 Å². The Bertz CT molecular complexity index is 702. The van der Waals surface area contributed by atoms with Crippen molar-refractivity contribution in [2.24, 2.45) is 5.92 Å². The molecule has 130 valence electrons. The van der Waals surface area contributed by atoms with Crippen LogP contribution in [0.15, 0.2) is 24.4 Å². The van der Waals surface area contributed by atoms with E-state index in [0.717, 1.165) is 49.0 Å². The number of nitrogens with zero attached hydrogens (tertiary/aromatic N) is 1. The lowest BCUT2D eigenvalue weighted by Gasteiger charge is -2.32. The van der Waals surface area contributed by atoms with Crippen LogP contribution in [-0.2, 0) is 16.0 Å². The summed E-state index contributed by atoms with van der Waals surface area (Å²) in [5, 5.41) is 0.917. The Balaban J connectivity index is 1.56. The zero-order valence-electron chi connectivity index (χ0n) is 14.3. The average Bonchev–Trinajstić information content (AvgIpc) is 2.95. The number of carbonyl (C=O) groups excluding carboxylic acids is 1. The zero-order chi connectivity index (χ0) is 17.1. The number of aromatic amines is 1. The summed E-state index contributed by atoms with van der Waals surface area (Å²) < 4.78 is 19.1. The van der Waals surface area contributed by atoms with Crippen molar-refractivity contribution in [2.45, 2.75) is 39.2 Å². The topological polar surface area (TPSA) is 45.3 Å². The maximum Gasteiger partial charge on any atom is 0.227 e. The van der Waals surface area contributed by atoms with Crippen LogP contribution in [0.25, 0.3) is 10.9 Å². The fourth-order valence-corrected chi connectivity index (χ4v) is 3.18. The minimum absolute atomic E-state index is 0.127. The van der Waals surface area contributed by atoms with E-state index in [2.05, 4.69) is 18.8 Å². The number of carbonyl (C=O) groups is 1. The first-order valence-corrected chi connectivity index (χ1v) is 8.68. The van der Waals surface area contributed by atoms with E-state index in [1.807, 2.05) is 4.90 Å². The van der Waals surface area contributed by atoms with Gasteiger partial charge in [0.2, 0.25) is 5.91 Å². The number of H-pyrrole nitrogens is 1. The number of aromatic nitrogens is 1. The number of piperidine rings is 1. The highest BCUT2D eigenvalue weighted by molar-refractivity contribution is 5.89. The Hall–Kier alpha value is -1.88. The molecule has 4 nitrogen and oxygen atoms in total. The van der Waals surface area contributed by atoms with Gasteiger partial charge in [0, 0.05) is 36.8 Å². The van der Waals surface area contributed by atoms with E-state index in [1.54, 1.807) is 12.3 Å². The van der Waals surface area contributed by atoms with E-state index >= 15 is 0 Å². The highest BCUT2D eigenvalue weighted by Crippen LogP contribution is 2.21. The van der Waals surface area contributed by atoms with E-state index in [4.69, 9.17) is 4.74 Å². The van der Waals surface area contributed by atoms with E-state index in [1.165, 1.54) is 12.1 Å². The van der Waals surface area contributed by atoms with Crippen molar-refractivity contribution in [1.82, 2.24) is 9.88 Å². The minimum atomic E-state index is -0.273. The molecule has 24 heavy (non-hydrogen) atoms. The number of nitrogens with one attached hydrogen (secondary N) is 1. The van der Waals surface area contributed by atoms with E-state index < -0.39 is 0 Å². The SMILES string of the molecule is CC(C)COC1CCN(C(=O)Cc2c[nH]c3cc(F)ccc23)CC1. The molecule has 1 aromatic heterocycles. The largest absolute Gasteiger partial charge is 0.378 e. The van der Waals surface area contributed by atoms with Crippen molar-refractivity contribution in [3.63, 3.8) is 0 Å². The first kappa shape index (κ1) is 17.0. The van der Waals surface area contributed by atoms with Crippen molar-refractivity contribution in [2.75, 3.05) is 19.7 Å².